The summed E-state index contributed by atoms with van der Waals surface area (Å²) in [5, 5.41) is 18.6. The van der Waals surface area contributed by atoms with E-state index in [0.717, 1.165) is 11.1 Å². The fourth-order valence-electron chi connectivity index (χ4n) is 3.58. The van der Waals surface area contributed by atoms with Crippen molar-refractivity contribution in [3.05, 3.63) is 59.7 Å². The summed E-state index contributed by atoms with van der Waals surface area (Å²) >= 11 is 0. The fraction of sp³-hybridized carbons (Fsp3) is 0.429. The van der Waals surface area contributed by atoms with E-state index in [-0.39, 0.29) is 16.9 Å². The molecule has 0 aromatic heterocycles. The molecule has 0 saturated heterocycles. The standard InChI is InChI=1S/C15H16O2.C6H10/c1-15(2,11-3-7-13(16)8-4-11)12-5-9-14(17)10-6-12;1-2-5-4-6(5)3-1/h3-10,16-17H,1-2H3;5-6H,1-4H2. The molecule has 0 bridgehead atoms. The Hall–Kier alpha value is -1.96. The number of hydrogen-bond acceptors (Lipinski definition) is 2. The Kier molecular flexibility index (Phi) is 4.34. The first kappa shape index (κ1) is 15.9. The van der Waals surface area contributed by atoms with Crippen LogP contribution in [0.5, 0.6) is 11.5 Å². The van der Waals surface area contributed by atoms with Crippen molar-refractivity contribution in [2.45, 2.75) is 44.9 Å². The van der Waals surface area contributed by atoms with Crippen LogP contribution in [0.2, 0.25) is 0 Å². The van der Waals surface area contributed by atoms with Crippen molar-refractivity contribution in [3.8, 4) is 11.5 Å². The molecule has 23 heavy (non-hydrogen) atoms. The minimum Gasteiger partial charge on any atom is -0.508 e. The third kappa shape index (κ3) is 3.69. The molecule has 0 radical (unpaired) electrons. The lowest BCUT2D eigenvalue weighted by atomic mass is 9.78. The zero-order chi connectivity index (χ0) is 16.4. The SMILES string of the molecule is C1CC2CC2C1.CC(C)(c1ccc(O)cc1)c1ccc(O)cc1. The average Bonchev–Trinajstić information content (AvgIpc) is 3.14. The molecule has 2 unspecified atom stereocenters. The Labute approximate surface area is 138 Å². The van der Waals surface area contributed by atoms with Crippen LogP contribution in [-0.4, -0.2) is 10.2 Å². The third-order valence-corrected chi connectivity index (χ3v) is 5.40. The zero-order valence-electron chi connectivity index (χ0n) is 14.0. The lowest BCUT2D eigenvalue weighted by molar-refractivity contribution is 0.474. The predicted octanol–water partition coefficient (Wildman–Crippen LogP) is 5.23. The van der Waals surface area contributed by atoms with E-state index in [1.165, 1.54) is 18.3 Å². The van der Waals surface area contributed by atoms with Crippen molar-refractivity contribution in [1.29, 1.82) is 0 Å². The topological polar surface area (TPSA) is 40.5 Å². The number of hydrogen-bond donors (Lipinski definition) is 2. The van der Waals surface area contributed by atoms with Crippen LogP contribution in [0.1, 0.15) is 50.7 Å². The summed E-state index contributed by atoms with van der Waals surface area (Å²) in [5.41, 5.74) is 2.10. The molecule has 2 aliphatic carbocycles. The first-order valence-corrected chi connectivity index (χ1v) is 8.56. The Morgan fingerprint density at radius 3 is 1.39 bits per heavy atom. The second-order valence-corrected chi connectivity index (χ2v) is 7.41. The van der Waals surface area contributed by atoms with Gasteiger partial charge in [-0.2, -0.15) is 0 Å². The molecule has 2 fully saturated rings. The molecule has 2 aliphatic rings. The largest absolute Gasteiger partial charge is 0.508 e. The number of aromatic hydroxyl groups is 2. The van der Waals surface area contributed by atoms with E-state index in [4.69, 9.17) is 0 Å². The van der Waals surface area contributed by atoms with Crippen LogP contribution in [0, 0.1) is 11.8 Å². The first-order chi connectivity index (χ1) is 11.0. The second-order valence-electron chi connectivity index (χ2n) is 7.41. The van der Waals surface area contributed by atoms with Crippen LogP contribution in [0.4, 0.5) is 0 Å². The molecule has 2 aromatic carbocycles. The molecule has 122 valence electrons. The van der Waals surface area contributed by atoms with Gasteiger partial charge in [0.05, 0.1) is 0 Å². The molecule has 0 heterocycles. The molecule has 2 saturated carbocycles. The Morgan fingerprint density at radius 1 is 0.739 bits per heavy atom. The molecule has 2 N–H and O–H groups in total. The minimum absolute atomic E-state index is 0.151. The average molecular weight is 310 g/mol. The van der Waals surface area contributed by atoms with Gasteiger partial charge in [-0.05, 0) is 53.6 Å². The summed E-state index contributed by atoms with van der Waals surface area (Å²) in [7, 11) is 0. The smallest absolute Gasteiger partial charge is 0.115 e. The highest BCUT2D eigenvalue weighted by Gasteiger charge is 2.40. The van der Waals surface area contributed by atoms with Crippen LogP contribution in [-0.2, 0) is 5.41 Å². The number of benzene rings is 2. The number of rotatable bonds is 2. The molecule has 2 aromatic rings. The Bertz CT molecular complexity index is 585. The number of phenolic OH excluding ortho intramolecular Hbond substituents is 2. The summed E-state index contributed by atoms with van der Waals surface area (Å²) in [4.78, 5) is 0. The highest BCUT2D eigenvalue weighted by atomic mass is 16.3. The van der Waals surface area contributed by atoms with Crippen LogP contribution < -0.4 is 0 Å². The van der Waals surface area contributed by atoms with E-state index >= 15 is 0 Å². The maximum Gasteiger partial charge on any atom is 0.115 e. The van der Waals surface area contributed by atoms with Gasteiger partial charge in [-0.15, -0.1) is 0 Å². The number of phenols is 2. The van der Waals surface area contributed by atoms with Gasteiger partial charge >= 0.3 is 0 Å². The van der Waals surface area contributed by atoms with Crippen molar-refractivity contribution in [2.24, 2.45) is 11.8 Å². The molecule has 2 nitrogen and oxygen atoms in total. The third-order valence-electron chi connectivity index (χ3n) is 5.40. The normalized spacial score (nSPS) is 22.0. The molecular weight excluding hydrogens is 284 g/mol. The molecule has 2 heteroatoms. The van der Waals surface area contributed by atoms with Crippen molar-refractivity contribution in [1.82, 2.24) is 0 Å². The second kappa shape index (κ2) is 6.27. The Morgan fingerprint density at radius 2 is 1.13 bits per heavy atom. The van der Waals surface area contributed by atoms with E-state index in [1.54, 1.807) is 43.5 Å². The summed E-state index contributed by atoms with van der Waals surface area (Å²) in [6, 6.07) is 14.4. The van der Waals surface area contributed by atoms with Crippen LogP contribution in [0.25, 0.3) is 0 Å². The monoisotopic (exact) mass is 310 g/mol. The maximum absolute atomic E-state index is 9.30. The summed E-state index contributed by atoms with van der Waals surface area (Å²) < 4.78 is 0. The van der Waals surface area contributed by atoms with Gasteiger partial charge in [0.15, 0.2) is 0 Å². The van der Waals surface area contributed by atoms with Gasteiger partial charge in [0.1, 0.15) is 11.5 Å². The van der Waals surface area contributed by atoms with Gasteiger partial charge in [-0.3, -0.25) is 0 Å². The molecule has 4 rings (SSSR count). The maximum atomic E-state index is 9.30. The summed E-state index contributed by atoms with van der Waals surface area (Å²) in [6.07, 6.45) is 6.24. The van der Waals surface area contributed by atoms with E-state index in [0.29, 0.717) is 0 Å². The van der Waals surface area contributed by atoms with E-state index in [9.17, 15) is 10.2 Å². The van der Waals surface area contributed by atoms with Gasteiger partial charge < -0.3 is 10.2 Å². The van der Waals surface area contributed by atoms with Crippen molar-refractivity contribution >= 4 is 0 Å². The number of fused-ring (bicyclic) bond motifs is 1. The molecule has 0 aliphatic heterocycles. The molecule has 0 amide bonds. The molecular formula is C21H26O2. The Balaban J connectivity index is 0.000000213. The van der Waals surface area contributed by atoms with E-state index < -0.39 is 0 Å². The highest BCUT2D eigenvalue weighted by molar-refractivity contribution is 5.41. The van der Waals surface area contributed by atoms with Crippen molar-refractivity contribution in [2.75, 3.05) is 0 Å². The van der Waals surface area contributed by atoms with E-state index in [2.05, 4.69) is 13.8 Å². The van der Waals surface area contributed by atoms with Crippen molar-refractivity contribution in [3.63, 3.8) is 0 Å². The van der Waals surface area contributed by atoms with Crippen molar-refractivity contribution < 1.29 is 10.2 Å². The predicted molar refractivity (Wildman–Crippen MR) is 93.8 cm³/mol. The van der Waals surface area contributed by atoms with Gasteiger partial charge in [-0.1, -0.05) is 57.4 Å². The quantitative estimate of drug-likeness (QED) is 0.797. The van der Waals surface area contributed by atoms with Gasteiger partial charge in [0.2, 0.25) is 0 Å². The summed E-state index contributed by atoms with van der Waals surface area (Å²) in [5.74, 6) is 2.97. The minimum atomic E-state index is -0.151. The summed E-state index contributed by atoms with van der Waals surface area (Å²) in [6.45, 7) is 4.23. The highest BCUT2D eigenvalue weighted by Crippen LogP contribution is 2.51. The molecule has 0 spiro atoms. The van der Waals surface area contributed by atoms with Crippen LogP contribution in [0.15, 0.2) is 48.5 Å². The molecule has 2 atom stereocenters. The van der Waals surface area contributed by atoms with Gasteiger partial charge in [-0.25, -0.2) is 0 Å². The first-order valence-electron chi connectivity index (χ1n) is 8.56. The lowest BCUT2D eigenvalue weighted by Crippen LogP contribution is -2.18. The zero-order valence-corrected chi connectivity index (χ0v) is 14.0. The van der Waals surface area contributed by atoms with E-state index in [1.807, 2.05) is 24.3 Å². The fourth-order valence-corrected chi connectivity index (χ4v) is 3.58. The van der Waals surface area contributed by atoms with Crippen LogP contribution in [0.3, 0.4) is 0 Å². The van der Waals surface area contributed by atoms with Gasteiger partial charge in [0.25, 0.3) is 0 Å². The van der Waals surface area contributed by atoms with Gasteiger partial charge in [0, 0.05) is 5.41 Å². The lowest BCUT2D eigenvalue weighted by Gasteiger charge is -2.26. The van der Waals surface area contributed by atoms with Crippen LogP contribution >= 0.6 is 0 Å².